The molecule has 0 aliphatic carbocycles. The zero-order valence-corrected chi connectivity index (χ0v) is 10.8. The van der Waals surface area contributed by atoms with Crippen LogP contribution >= 0.6 is 0 Å². The molecular formula is C14H13NO5. The lowest BCUT2D eigenvalue weighted by Gasteiger charge is -2.04. The highest BCUT2D eigenvalue weighted by Crippen LogP contribution is 2.07. The predicted octanol–water partition coefficient (Wildman–Crippen LogP) is 0.416. The second-order valence-corrected chi connectivity index (χ2v) is 3.68. The van der Waals surface area contributed by atoms with E-state index >= 15 is 0 Å². The van der Waals surface area contributed by atoms with Crippen molar-refractivity contribution in [3.05, 3.63) is 35.4 Å². The largest absolute Gasteiger partial charge is 0.480 e. The van der Waals surface area contributed by atoms with Gasteiger partial charge in [0.2, 0.25) is 0 Å². The summed E-state index contributed by atoms with van der Waals surface area (Å²) in [5.74, 6) is 3.15. The summed E-state index contributed by atoms with van der Waals surface area (Å²) in [5.41, 5.74) is 0.672. The zero-order valence-electron chi connectivity index (χ0n) is 10.8. The maximum atomic E-state index is 11.8. The van der Waals surface area contributed by atoms with Crippen LogP contribution in [0.25, 0.3) is 0 Å². The molecule has 0 aliphatic rings. The lowest BCUT2D eigenvalue weighted by atomic mass is 10.1. The van der Waals surface area contributed by atoms with Gasteiger partial charge in [-0.3, -0.25) is 14.4 Å². The molecule has 1 aromatic rings. The van der Waals surface area contributed by atoms with Crippen molar-refractivity contribution in [1.82, 2.24) is 5.32 Å². The van der Waals surface area contributed by atoms with E-state index < -0.39 is 24.4 Å². The van der Waals surface area contributed by atoms with Crippen LogP contribution in [0.4, 0.5) is 0 Å². The molecule has 1 aromatic carbocycles. The molecule has 2 N–H and O–H groups in total. The van der Waals surface area contributed by atoms with Crippen molar-refractivity contribution in [1.29, 1.82) is 0 Å². The number of carboxylic acids is 1. The molecule has 0 radical (unpaired) electrons. The maximum Gasteiger partial charge on any atom is 0.322 e. The Balaban J connectivity index is 2.85. The van der Waals surface area contributed by atoms with Gasteiger partial charge in [0, 0.05) is 5.56 Å². The minimum atomic E-state index is -1.13. The van der Waals surface area contributed by atoms with E-state index in [1.54, 1.807) is 18.2 Å². The molecule has 0 fully saturated rings. The molecule has 20 heavy (non-hydrogen) atoms. The number of carbonyl (C=O) groups is 3. The third-order valence-corrected chi connectivity index (χ3v) is 2.26. The number of methoxy groups -OCH3 is 1. The zero-order chi connectivity index (χ0) is 15.0. The molecule has 0 spiro atoms. The molecule has 0 saturated carbocycles. The van der Waals surface area contributed by atoms with Crippen LogP contribution in [0.15, 0.2) is 24.3 Å². The van der Waals surface area contributed by atoms with E-state index in [1.807, 2.05) is 0 Å². The van der Waals surface area contributed by atoms with Crippen molar-refractivity contribution in [2.75, 3.05) is 13.7 Å². The molecule has 6 nitrogen and oxygen atoms in total. The number of ether oxygens (including phenoxy) is 1. The predicted molar refractivity (Wildman–Crippen MR) is 69.9 cm³/mol. The van der Waals surface area contributed by atoms with Gasteiger partial charge in [0.1, 0.15) is 13.0 Å². The van der Waals surface area contributed by atoms with E-state index in [9.17, 15) is 14.4 Å². The molecule has 0 bridgehead atoms. The Hall–Kier alpha value is -2.81. The number of hydrogen-bond acceptors (Lipinski definition) is 4. The molecule has 1 amide bonds. The summed E-state index contributed by atoms with van der Waals surface area (Å²) in [6.45, 7) is -0.469. The fourth-order valence-electron chi connectivity index (χ4n) is 1.32. The Kier molecular flexibility index (Phi) is 5.78. The average Bonchev–Trinajstić information content (AvgIpc) is 2.45. The number of rotatable bonds is 4. The second kappa shape index (κ2) is 7.59. The Morgan fingerprint density at radius 1 is 1.30 bits per heavy atom. The maximum absolute atomic E-state index is 11.8. The van der Waals surface area contributed by atoms with Gasteiger partial charge in [-0.25, -0.2) is 0 Å². The van der Waals surface area contributed by atoms with Crippen LogP contribution in [0.5, 0.6) is 0 Å². The Morgan fingerprint density at radius 2 is 2.00 bits per heavy atom. The topological polar surface area (TPSA) is 92.7 Å². The SMILES string of the molecule is COC(=O)CC#Cc1ccccc1C(=O)NCC(=O)O. The van der Waals surface area contributed by atoms with Crippen molar-refractivity contribution in [2.45, 2.75) is 6.42 Å². The van der Waals surface area contributed by atoms with Crippen molar-refractivity contribution in [3.8, 4) is 11.8 Å². The fraction of sp³-hybridized carbons (Fsp3) is 0.214. The number of amides is 1. The summed E-state index contributed by atoms with van der Waals surface area (Å²) in [4.78, 5) is 33.1. The highest BCUT2D eigenvalue weighted by Gasteiger charge is 2.10. The molecule has 0 aromatic heterocycles. The molecule has 0 atom stereocenters. The highest BCUT2D eigenvalue weighted by molar-refractivity contribution is 5.98. The van der Waals surface area contributed by atoms with Crippen LogP contribution in [0.3, 0.4) is 0 Å². The van der Waals surface area contributed by atoms with Gasteiger partial charge >= 0.3 is 11.9 Å². The van der Waals surface area contributed by atoms with E-state index in [1.165, 1.54) is 13.2 Å². The molecule has 0 aliphatic heterocycles. The number of aliphatic carboxylic acids is 1. The highest BCUT2D eigenvalue weighted by atomic mass is 16.5. The minimum absolute atomic E-state index is 0.0818. The molecule has 0 saturated heterocycles. The lowest BCUT2D eigenvalue weighted by Crippen LogP contribution is -2.29. The molecule has 1 rings (SSSR count). The smallest absolute Gasteiger partial charge is 0.322 e. The van der Waals surface area contributed by atoms with E-state index in [0.29, 0.717) is 5.56 Å². The van der Waals surface area contributed by atoms with E-state index in [0.717, 1.165) is 0 Å². The van der Waals surface area contributed by atoms with Crippen LogP contribution in [0.2, 0.25) is 0 Å². The van der Waals surface area contributed by atoms with Gasteiger partial charge in [0.05, 0.1) is 12.7 Å². The van der Waals surface area contributed by atoms with Crippen molar-refractivity contribution in [3.63, 3.8) is 0 Å². The van der Waals surface area contributed by atoms with Crippen LogP contribution in [0, 0.1) is 11.8 Å². The van der Waals surface area contributed by atoms with Gasteiger partial charge in [-0.2, -0.15) is 0 Å². The van der Waals surface area contributed by atoms with Gasteiger partial charge in [-0.1, -0.05) is 24.0 Å². The molecular weight excluding hydrogens is 262 g/mol. The van der Waals surface area contributed by atoms with Gasteiger partial charge in [-0.15, -0.1) is 0 Å². The number of nitrogens with one attached hydrogen (secondary N) is 1. The van der Waals surface area contributed by atoms with Gasteiger partial charge in [0.15, 0.2) is 0 Å². The van der Waals surface area contributed by atoms with Crippen LogP contribution in [-0.2, 0) is 14.3 Å². The average molecular weight is 275 g/mol. The fourth-order valence-corrected chi connectivity index (χ4v) is 1.32. The summed E-state index contributed by atoms with van der Waals surface area (Å²) >= 11 is 0. The van der Waals surface area contributed by atoms with Gasteiger partial charge < -0.3 is 15.2 Å². The third-order valence-electron chi connectivity index (χ3n) is 2.26. The van der Waals surface area contributed by atoms with E-state index in [4.69, 9.17) is 5.11 Å². The second-order valence-electron chi connectivity index (χ2n) is 3.68. The number of hydrogen-bond donors (Lipinski definition) is 2. The first kappa shape index (κ1) is 15.2. The van der Waals surface area contributed by atoms with Crippen LogP contribution in [-0.4, -0.2) is 36.6 Å². The number of benzene rings is 1. The lowest BCUT2D eigenvalue weighted by molar-refractivity contribution is -0.139. The summed E-state index contributed by atoms with van der Waals surface area (Å²) in [5, 5.41) is 10.8. The van der Waals surface area contributed by atoms with Crippen LogP contribution in [0.1, 0.15) is 22.3 Å². The number of carbonyl (C=O) groups excluding carboxylic acids is 2. The Labute approximate surface area is 115 Å². The summed E-state index contributed by atoms with van der Waals surface area (Å²) in [7, 11) is 1.26. The molecule has 104 valence electrons. The first-order valence-electron chi connectivity index (χ1n) is 5.69. The molecule has 6 heteroatoms. The number of esters is 1. The summed E-state index contributed by atoms with van der Waals surface area (Å²) in [6.07, 6.45) is -0.0818. The molecule has 0 heterocycles. The van der Waals surface area contributed by atoms with E-state index in [-0.39, 0.29) is 12.0 Å². The summed E-state index contributed by atoms with van der Waals surface area (Å²) in [6, 6.07) is 6.47. The number of carboxylic acid groups (broad SMARTS) is 1. The van der Waals surface area contributed by atoms with Crippen LogP contribution < -0.4 is 5.32 Å². The standard InChI is InChI=1S/C14H13NO5/c1-20-13(18)8-4-6-10-5-2-3-7-11(10)14(19)15-9-12(16)17/h2-3,5,7H,8-9H2,1H3,(H,15,19)(H,16,17). The Bertz CT molecular complexity index is 583. The Morgan fingerprint density at radius 3 is 2.65 bits per heavy atom. The normalized spacial score (nSPS) is 9.05. The monoisotopic (exact) mass is 275 g/mol. The van der Waals surface area contributed by atoms with Gasteiger partial charge in [-0.05, 0) is 12.1 Å². The summed E-state index contributed by atoms with van der Waals surface area (Å²) < 4.78 is 4.44. The van der Waals surface area contributed by atoms with Gasteiger partial charge in [0.25, 0.3) is 5.91 Å². The van der Waals surface area contributed by atoms with Crippen molar-refractivity contribution in [2.24, 2.45) is 0 Å². The van der Waals surface area contributed by atoms with Crippen molar-refractivity contribution < 1.29 is 24.2 Å². The molecule has 0 unspecified atom stereocenters. The van der Waals surface area contributed by atoms with Crippen molar-refractivity contribution >= 4 is 17.8 Å². The van der Waals surface area contributed by atoms with E-state index in [2.05, 4.69) is 21.9 Å². The quantitative estimate of drug-likeness (QED) is 0.613. The first-order valence-corrected chi connectivity index (χ1v) is 5.69. The minimum Gasteiger partial charge on any atom is -0.480 e. The first-order chi connectivity index (χ1) is 9.54. The third kappa shape index (κ3) is 4.82.